The van der Waals surface area contributed by atoms with Crippen LogP contribution in [-0.4, -0.2) is 20.8 Å². The van der Waals surface area contributed by atoms with Gasteiger partial charge in [0, 0.05) is 31.9 Å². The summed E-state index contributed by atoms with van der Waals surface area (Å²) in [4.78, 5) is 4.18. The van der Waals surface area contributed by atoms with E-state index < -0.39 is 0 Å². The molecule has 1 N–H and O–H groups in total. The van der Waals surface area contributed by atoms with E-state index in [1.54, 1.807) is 23.3 Å². The molecule has 5 nitrogen and oxygen atoms in total. The van der Waals surface area contributed by atoms with Gasteiger partial charge < -0.3 is 10.1 Å². The zero-order valence-electron chi connectivity index (χ0n) is 10.9. The Kier molecular flexibility index (Phi) is 3.94. The van der Waals surface area contributed by atoms with Crippen LogP contribution in [0.5, 0.6) is 11.6 Å². The van der Waals surface area contributed by atoms with Crippen LogP contribution in [0.15, 0.2) is 30.7 Å². The molecule has 0 spiro atoms. The maximum Gasteiger partial charge on any atom is 0.219 e. The number of nitrogens with one attached hydrogen (secondary N) is 1. The van der Waals surface area contributed by atoms with Crippen molar-refractivity contribution in [1.82, 2.24) is 20.1 Å². The molecule has 0 saturated heterocycles. The lowest BCUT2D eigenvalue weighted by Crippen LogP contribution is -2.21. The number of pyridine rings is 1. The van der Waals surface area contributed by atoms with Crippen molar-refractivity contribution in [2.75, 3.05) is 0 Å². The van der Waals surface area contributed by atoms with Gasteiger partial charge in [-0.05, 0) is 11.6 Å². The van der Waals surface area contributed by atoms with Crippen LogP contribution in [0.25, 0.3) is 0 Å². The largest absolute Gasteiger partial charge is 0.436 e. The van der Waals surface area contributed by atoms with Gasteiger partial charge >= 0.3 is 0 Å². The second kappa shape index (κ2) is 5.64. The minimum absolute atomic E-state index is 0.459. The van der Waals surface area contributed by atoms with Crippen molar-refractivity contribution in [1.29, 1.82) is 0 Å². The maximum absolute atomic E-state index is 5.62. The van der Waals surface area contributed by atoms with E-state index in [1.807, 2.05) is 19.2 Å². The highest BCUT2D eigenvalue weighted by Gasteiger charge is 2.02. The number of rotatable bonds is 5. The van der Waals surface area contributed by atoms with Gasteiger partial charge in [-0.3, -0.25) is 4.68 Å². The molecule has 0 unspecified atom stereocenters. The summed E-state index contributed by atoms with van der Waals surface area (Å²) >= 11 is 0. The lowest BCUT2D eigenvalue weighted by molar-refractivity contribution is 0.460. The van der Waals surface area contributed by atoms with Crippen LogP contribution in [-0.2, 0) is 13.6 Å². The minimum atomic E-state index is 0.459. The van der Waals surface area contributed by atoms with Gasteiger partial charge in [-0.25, -0.2) is 4.98 Å². The average molecular weight is 246 g/mol. The number of aromatic nitrogens is 3. The second-order valence-corrected chi connectivity index (χ2v) is 4.49. The fraction of sp³-hybridized carbons (Fsp3) is 0.385. The molecule has 0 aliphatic heterocycles. The van der Waals surface area contributed by atoms with Crippen molar-refractivity contribution in [3.63, 3.8) is 0 Å². The predicted octanol–water partition coefficient (Wildman–Crippen LogP) is 2.11. The molecule has 0 amide bonds. The predicted molar refractivity (Wildman–Crippen MR) is 69.5 cm³/mol. The fourth-order valence-electron chi connectivity index (χ4n) is 1.51. The first kappa shape index (κ1) is 12.6. The number of hydrogen-bond donors (Lipinski definition) is 1. The first-order chi connectivity index (χ1) is 8.63. The van der Waals surface area contributed by atoms with Gasteiger partial charge in [-0.15, -0.1) is 0 Å². The van der Waals surface area contributed by atoms with E-state index in [2.05, 4.69) is 29.2 Å². The smallest absolute Gasteiger partial charge is 0.219 e. The van der Waals surface area contributed by atoms with Gasteiger partial charge in [-0.2, -0.15) is 5.10 Å². The number of aryl methyl sites for hydroxylation is 1. The quantitative estimate of drug-likeness (QED) is 0.877. The van der Waals surface area contributed by atoms with E-state index in [0.29, 0.717) is 17.7 Å². The Morgan fingerprint density at radius 1 is 1.44 bits per heavy atom. The highest BCUT2D eigenvalue weighted by molar-refractivity contribution is 5.25. The highest BCUT2D eigenvalue weighted by atomic mass is 16.5. The van der Waals surface area contributed by atoms with Crippen molar-refractivity contribution in [2.24, 2.45) is 7.05 Å². The van der Waals surface area contributed by atoms with Gasteiger partial charge in [0.2, 0.25) is 5.88 Å². The van der Waals surface area contributed by atoms with Crippen LogP contribution in [0.4, 0.5) is 0 Å². The summed E-state index contributed by atoms with van der Waals surface area (Å²) in [6.07, 6.45) is 5.23. The molecule has 18 heavy (non-hydrogen) atoms. The Morgan fingerprint density at radius 3 is 2.94 bits per heavy atom. The molecule has 2 aromatic rings. The van der Waals surface area contributed by atoms with Crippen molar-refractivity contribution in [3.8, 4) is 11.6 Å². The Labute approximate surface area is 107 Å². The Bertz CT molecular complexity index is 507. The molecular formula is C13H18N4O. The van der Waals surface area contributed by atoms with E-state index in [9.17, 15) is 0 Å². The van der Waals surface area contributed by atoms with Crippen LogP contribution in [0.3, 0.4) is 0 Å². The van der Waals surface area contributed by atoms with Crippen molar-refractivity contribution < 1.29 is 4.74 Å². The van der Waals surface area contributed by atoms with Crippen LogP contribution >= 0.6 is 0 Å². The van der Waals surface area contributed by atoms with Gasteiger partial charge in [0.05, 0.1) is 12.4 Å². The molecule has 0 aliphatic carbocycles. The van der Waals surface area contributed by atoms with E-state index in [1.165, 1.54) is 0 Å². The second-order valence-electron chi connectivity index (χ2n) is 4.49. The maximum atomic E-state index is 5.62. The zero-order valence-corrected chi connectivity index (χ0v) is 10.9. The molecule has 0 saturated carbocycles. The van der Waals surface area contributed by atoms with Crippen LogP contribution in [0.2, 0.25) is 0 Å². The summed E-state index contributed by atoms with van der Waals surface area (Å²) < 4.78 is 7.32. The molecule has 2 rings (SSSR count). The fourth-order valence-corrected chi connectivity index (χ4v) is 1.51. The average Bonchev–Trinajstić information content (AvgIpc) is 2.73. The lowest BCUT2D eigenvalue weighted by atomic mass is 10.2. The van der Waals surface area contributed by atoms with Crippen molar-refractivity contribution in [3.05, 3.63) is 36.3 Å². The summed E-state index contributed by atoms with van der Waals surface area (Å²) in [6.45, 7) is 5.05. The standard InChI is InChI=1S/C13H18N4O/c1-10(2)15-7-11-4-5-14-13(6-11)18-12-8-16-17(3)9-12/h4-6,8-10,15H,7H2,1-3H3. The van der Waals surface area contributed by atoms with Crippen LogP contribution in [0, 0.1) is 0 Å². The minimum Gasteiger partial charge on any atom is -0.436 e. The first-order valence-electron chi connectivity index (χ1n) is 5.98. The van der Waals surface area contributed by atoms with Gasteiger partial charge in [0.15, 0.2) is 5.75 Å². The Balaban J connectivity index is 2.02. The third kappa shape index (κ3) is 3.56. The molecule has 96 valence electrons. The molecule has 0 fully saturated rings. The molecule has 2 heterocycles. The molecule has 0 bridgehead atoms. The third-order valence-corrected chi connectivity index (χ3v) is 2.42. The number of ether oxygens (including phenoxy) is 1. The van der Waals surface area contributed by atoms with Gasteiger partial charge in [-0.1, -0.05) is 13.8 Å². The van der Waals surface area contributed by atoms with E-state index in [4.69, 9.17) is 4.74 Å². The van der Waals surface area contributed by atoms with E-state index >= 15 is 0 Å². The summed E-state index contributed by atoms with van der Waals surface area (Å²) in [6, 6.07) is 4.37. The summed E-state index contributed by atoms with van der Waals surface area (Å²) in [5.74, 6) is 1.28. The Hall–Kier alpha value is -1.88. The Morgan fingerprint density at radius 2 is 2.28 bits per heavy atom. The molecule has 0 aliphatic rings. The van der Waals surface area contributed by atoms with Gasteiger partial charge in [0.25, 0.3) is 0 Å². The zero-order chi connectivity index (χ0) is 13.0. The lowest BCUT2D eigenvalue weighted by Gasteiger charge is -2.08. The van der Waals surface area contributed by atoms with Crippen molar-refractivity contribution in [2.45, 2.75) is 26.4 Å². The van der Waals surface area contributed by atoms with Crippen LogP contribution in [0.1, 0.15) is 19.4 Å². The summed E-state index contributed by atoms with van der Waals surface area (Å²) in [7, 11) is 1.85. The molecule has 0 aromatic carbocycles. The first-order valence-corrected chi connectivity index (χ1v) is 5.98. The van der Waals surface area contributed by atoms with Crippen LogP contribution < -0.4 is 10.1 Å². The summed E-state index contributed by atoms with van der Waals surface area (Å²) in [5, 5.41) is 7.40. The summed E-state index contributed by atoms with van der Waals surface area (Å²) in [5.41, 5.74) is 1.15. The third-order valence-electron chi connectivity index (χ3n) is 2.42. The van der Waals surface area contributed by atoms with Gasteiger partial charge in [0.1, 0.15) is 0 Å². The number of hydrogen-bond acceptors (Lipinski definition) is 4. The monoisotopic (exact) mass is 246 g/mol. The molecule has 2 aromatic heterocycles. The van der Waals surface area contributed by atoms with Crippen molar-refractivity contribution >= 4 is 0 Å². The molecule has 0 radical (unpaired) electrons. The number of nitrogens with zero attached hydrogens (tertiary/aromatic N) is 3. The molecule has 0 atom stereocenters. The molecular weight excluding hydrogens is 228 g/mol. The highest BCUT2D eigenvalue weighted by Crippen LogP contribution is 2.18. The SMILES string of the molecule is CC(C)NCc1ccnc(Oc2cnn(C)c2)c1. The van der Waals surface area contributed by atoms with E-state index in [-0.39, 0.29) is 0 Å². The molecule has 5 heteroatoms. The van der Waals surface area contributed by atoms with E-state index in [0.717, 1.165) is 12.1 Å². The normalized spacial score (nSPS) is 10.9. The topological polar surface area (TPSA) is 52.0 Å².